The Morgan fingerprint density at radius 2 is 1.89 bits per heavy atom. The first-order chi connectivity index (χ1) is 8.50. The molecule has 0 heterocycles. The molecular formula is C13H14O5. The molecule has 0 aromatic heterocycles. The molecule has 18 heavy (non-hydrogen) atoms. The number of Topliss-reactive ketones (excluding diaryl/α,β-unsaturated/α-hetero) is 1. The molecule has 2 rings (SSSR count). The monoisotopic (exact) mass is 250 g/mol. The number of aliphatic hydroxyl groups is 4. The van der Waals surface area contributed by atoms with Crippen LogP contribution in [0.3, 0.4) is 0 Å². The van der Waals surface area contributed by atoms with Crippen LogP contribution >= 0.6 is 0 Å². The van der Waals surface area contributed by atoms with Crippen molar-refractivity contribution in [1.29, 1.82) is 0 Å². The van der Waals surface area contributed by atoms with Gasteiger partial charge in [-0.05, 0) is 11.6 Å². The van der Waals surface area contributed by atoms with Gasteiger partial charge in [-0.25, -0.2) is 0 Å². The van der Waals surface area contributed by atoms with Crippen molar-refractivity contribution in [2.24, 2.45) is 0 Å². The fourth-order valence-electron chi connectivity index (χ4n) is 1.96. The van der Waals surface area contributed by atoms with Crippen molar-refractivity contribution in [1.82, 2.24) is 0 Å². The molecule has 0 aliphatic heterocycles. The predicted molar refractivity (Wildman–Crippen MR) is 62.5 cm³/mol. The van der Waals surface area contributed by atoms with E-state index < -0.39 is 30.2 Å². The van der Waals surface area contributed by atoms with E-state index in [1.165, 1.54) is 0 Å². The third-order valence-corrected chi connectivity index (χ3v) is 3.13. The average Bonchev–Trinajstić information content (AvgIpc) is 2.64. The molecule has 1 aromatic rings. The van der Waals surface area contributed by atoms with Crippen molar-refractivity contribution in [3.05, 3.63) is 47.5 Å². The van der Waals surface area contributed by atoms with Gasteiger partial charge in [0.2, 0.25) is 0 Å². The average molecular weight is 250 g/mol. The van der Waals surface area contributed by atoms with Gasteiger partial charge in [-0.15, -0.1) is 0 Å². The minimum Gasteiger partial charge on any atom is -0.393 e. The van der Waals surface area contributed by atoms with Crippen LogP contribution in [0.25, 0.3) is 0 Å². The fraction of sp³-hybridized carbons (Fsp3) is 0.308. The first-order valence-corrected chi connectivity index (χ1v) is 5.51. The lowest BCUT2D eigenvalue weighted by Crippen LogP contribution is -2.48. The number of rotatable bonds is 3. The highest BCUT2D eigenvalue weighted by Gasteiger charge is 2.49. The van der Waals surface area contributed by atoms with Gasteiger partial charge in [-0.2, -0.15) is 0 Å². The third-order valence-electron chi connectivity index (χ3n) is 3.13. The van der Waals surface area contributed by atoms with Crippen LogP contribution in [0.5, 0.6) is 0 Å². The molecule has 5 heteroatoms. The van der Waals surface area contributed by atoms with Gasteiger partial charge >= 0.3 is 0 Å². The molecule has 1 unspecified atom stereocenters. The molecule has 0 saturated carbocycles. The summed E-state index contributed by atoms with van der Waals surface area (Å²) >= 11 is 0. The van der Waals surface area contributed by atoms with E-state index in [1.807, 2.05) is 0 Å². The summed E-state index contributed by atoms with van der Waals surface area (Å²) in [6.07, 6.45) is -1.66. The normalized spacial score (nSPS) is 29.2. The smallest absolute Gasteiger partial charge is 0.198 e. The number of carbonyl (C=O) groups excluding carboxylic acids is 1. The van der Waals surface area contributed by atoms with Gasteiger partial charge in [-0.3, -0.25) is 4.79 Å². The lowest BCUT2D eigenvalue weighted by Gasteiger charge is -2.22. The van der Waals surface area contributed by atoms with Crippen molar-refractivity contribution in [2.45, 2.75) is 17.8 Å². The van der Waals surface area contributed by atoms with E-state index in [-0.39, 0.29) is 5.57 Å². The summed E-state index contributed by atoms with van der Waals surface area (Å²) in [7, 11) is 0. The summed E-state index contributed by atoms with van der Waals surface area (Å²) in [6, 6.07) is 8.42. The van der Waals surface area contributed by atoms with Crippen LogP contribution in [-0.2, 0) is 4.79 Å². The summed E-state index contributed by atoms with van der Waals surface area (Å²) in [5, 5.41) is 38.4. The summed E-state index contributed by atoms with van der Waals surface area (Å²) in [5.41, 5.74) is -1.87. The number of hydrogen-bond donors (Lipinski definition) is 4. The predicted octanol–water partition coefficient (Wildman–Crippen LogP) is -0.687. The Bertz CT molecular complexity index is 481. The highest BCUT2D eigenvalue weighted by atomic mass is 16.4. The second-order valence-corrected chi connectivity index (χ2v) is 4.29. The van der Waals surface area contributed by atoms with E-state index in [4.69, 9.17) is 5.11 Å². The van der Waals surface area contributed by atoms with Gasteiger partial charge in [0.1, 0.15) is 12.2 Å². The zero-order valence-electron chi connectivity index (χ0n) is 9.52. The van der Waals surface area contributed by atoms with E-state index in [9.17, 15) is 20.1 Å². The molecule has 4 N–H and O–H groups in total. The van der Waals surface area contributed by atoms with Crippen LogP contribution in [0.1, 0.15) is 11.7 Å². The Labute approximate surface area is 104 Å². The number of carbonyl (C=O) groups is 1. The highest BCUT2D eigenvalue weighted by molar-refractivity contribution is 6.06. The van der Waals surface area contributed by atoms with Gasteiger partial charge in [0.05, 0.1) is 6.61 Å². The van der Waals surface area contributed by atoms with Crippen molar-refractivity contribution in [3.63, 3.8) is 0 Å². The lowest BCUT2D eigenvalue weighted by molar-refractivity contribution is -0.145. The maximum absolute atomic E-state index is 11.9. The van der Waals surface area contributed by atoms with E-state index in [0.29, 0.717) is 5.56 Å². The maximum atomic E-state index is 11.9. The zero-order chi connectivity index (χ0) is 13.3. The number of ketones is 1. The van der Waals surface area contributed by atoms with Crippen molar-refractivity contribution in [2.75, 3.05) is 6.61 Å². The topological polar surface area (TPSA) is 98.0 Å². The molecule has 96 valence electrons. The molecule has 1 aromatic carbocycles. The number of hydrogen-bond acceptors (Lipinski definition) is 5. The Morgan fingerprint density at radius 1 is 1.28 bits per heavy atom. The Morgan fingerprint density at radius 3 is 2.39 bits per heavy atom. The summed E-state index contributed by atoms with van der Waals surface area (Å²) < 4.78 is 0. The van der Waals surface area contributed by atoms with Gasteiger partial charge in [0, 0.05) is 5.57 Å². The SMILES string of the molecule is O=C1C(C(O)c2ccccc2)=C[C@H](O)[C@]1(O)CO. The zero-order valence-corrected chi connectivity index (χ0v) is 9.52. The van der Waals surface area contributed by atoms with Gasteiger partial charge < -0.3 is 20.4 Å². The first kappa shape index (κ1) is 12.9. The molecule has 0 spiro atoms. The van der Waals surface area contributed by atoms with Crippen LogP contribution in [-0.4, -0.2) is 44.5 Å². The maximum Gasteiger partial charge on any atom is 0.198 e. The Balaban J connectivity index is 2.31. The molecule has 3 atom stereocenters. The van der Waals surface area contributed by atoms with Gasteiger partial charge in [0.15, 0.2) is 11.4 Å². The van der Waals surface area contributed by atoms with Crippen molar-refractivity contribution >= 4 is 5.78 Å². The molecule has 1 aliphatic rings. The second kappa shape index (κ2) is 4.62. The van der Waals surface area contributed by atoms with Crippen molar-refractivity contribution in [3.8, 4) is 0 Å². The van der Waals surface area contributed by atoms with E-state index in [0.717, 1.165) is 6.08 Å². The molecule has 1 aliphatic carbocycles. The molecule has 0 bridgehead atoms. The van der Waals surface area contributed by atoms with Crippen molar-refractivity contribution < 1.29 is 25.2 Å². The van der Waals surface area contributed by atoms with E-state index >= 15 is 0 Å². The van der Waals surface area contributed by atoms with Crippen LogP contribution in [0.2, 0.25) is 0 Å². The highest BCUT2D eigenvalue weighted by Crippen LogP contribution is 2.33. The quantitative estimate of drug-likeness (QED) is 0.569. The minimum atomic E-state index is -2.24. The first-order valence-electron chi connectivity index (χ1n) is 5.51. The summed E-state index contributed by atoms with van der Waals surface area (Å²) in [6.45, 7) is -0.894. The lowest BCUT2D eigenvalue weighted by atomic mass is 9.93. The summed E-state index contributed by atoms with van der Waals surface area (Å²) in [4.78, 5) is 11.9. The molecule has 0 fully saturated rings. The molecule has 0 radical (unpaired) electrons. The number of aliphatic hydroxyl groups excluding tert-OH is 3. The standard InChI is InChI=1S/C13H14O5/c14-7-13(18)10(15)6-9(12(13)17)11(16)8-4-2-1-3-5-8/h1-6,10-11,14-16,18H,7H2/t10-,11?,13+/m0/s1. The third kappa shape index (κ3) is 1.87. The molecule has 5 nitrogen and oxygen atoms in total. The van der Waals surface area contributed by atoms with Crippen LogP contribution in [0, 0.1) is 0 Å². The minimum absolute atomic E-state index is 0.106. The van der Waals surface area contributed by atoms with Crippen LogP contribution in [0.4, 0.5) is 0 Å². The largest absolute Gasteiger partial charge is 0.393 e. The summed E-state index contributed by atoms with van der Waals surface area (Å²) in [5.74, 6) is -0.853. The number of benzene rings is 1. The molecular weight excluding hydrogens is 236 g/mol. The Hall–Kier alpha value is -1.53. The Kier molecular flexibility index (Phi) is 3.32. The van der Waals surface area contributed by atoms with Crippen LogP contribution < -0.4 is 0 Å². The van der Waals surface area contributed by atoms with Gasteiger partial charge in [0.25, 0.3) is 0 Å². The second-order valence-electron chi connectivity index (χ2n) is 4.29. The van der Waals surface area contributed by atoms with E-state index in [1.54, 1.807) is 30.3 Å². The van der Waals surface area contributed by atoms with Crippen LogP contribution in [0.15, 0.2) is 42.0 Å². The fourth-order valence-corrected chi connectivity index (χ4v) is 1.96. The molecule has 0 saturated heterocycles. The molecule has 0 amide bonds. The van der Waals surface area contributed by atoms with Gasteiger partial charge in [-0.1, -0.05) is 30.3 Å². The van der Waals surface area contributed by atoms with E-state index in [2.05, 4.69) is 0 Å².